The molecule has 2 aliphatic heterocycles. The summed E-state index contributed by atoms with van der Waals surface area (Å²) in [5.41, 5.74) is 2.31. The number of rotatable bonds is 3. The molecule has 3 heterocycles. The van der Waals surface area contributed by atoms with Gasteiger partial charge in [-0.05, 0) is 66.4 Å². The van der Waals surface area contributed by atoms with Gasteiger partial charge in [-0.3, -0.25) is 4.79 Å². The molecule has 2 aliphatic rings. The maximum atomic E-state index is 13.3. The van der Waals surface area contributed by atoms with Crippen LogP contribution in [-0.2, 0) is 6.18 Å². The minimum Gasteiger partial charge on any atom is -0.454 e. The molecule has 1 aromatic heterocycles. The highest BCUT2D eigenvalue weighted by Gasteiger charge is 2.35. The number of oxazole rings is 1. The number of benzene rings is 3. The molecular formula is C26H19F3N2O4. The first-order chi connectivity index (χ1) is 16.9. The van der Waals surface area contributed by atoms with Gasteiger partial charge in [-0.15, -0.1) is 0 Å². The average molecular weight is 480 g/mol. The number of halogens is 3. The van der Waals surface area contributed by atoms with Crippen LogP contribution < -0.4 is 9.47 Å². The molecule has 1 atom stereocenters. The van der Waals surface area contributed by atoms with E-state index in [2.05, 4.69) is 4.98 Å². The van der Waals surface area contributed by atoms with E-state index in [0.717, 1.165) is 30.5 Å². The molecule has 3 aromatic carbocycles. The van der Waals surface area contributed by atoms with Crippen LogP contribution in [0.25, 0.3) is 22.2 Å². The van der Waals surface area contributed by atoms with Gasteiger partial charge in [-0.25, -0.2) is 4.98 Å². The van der Waals surface area contributed by atoms with Gasteiger partial charge in [0.15, 0.2) is 17.1 Å². The number of hydrogen-bond donors (Lipinski definition) is 0. The first kappa shape index (κ1) is 21.5. The van der Waals surface area contributed by atoms with Gasteiger partial charge in [0, 0.05) is 12.1 Å². The van der Waals surface area contributed by atoms with E-state index >= 15 is 0 Å². The molecule has 6 nitrogen and oxygen atoms in total. The molecule has 0 bridgehead atoms. The van der Waals surface area contributed by atoms with Crippen LogP contribution in [0, 0.1) is 0 Å². The molecule has 0 N–H and O–H groups in total. The number of aromatic nitrogens is 1. The topological polar surface area (TPSA) is 64.8 Å². The number of carbonyl (C=O) groups excluding carboxylic acids is 1. The Morgan fingerprint density at radius 3 is 2.51 bits per heavy atom. The van der Waals surface area contributed by atoms with Gasteiger partial charge in [-0.1, -0.05) is 18.2 Å². The third-order valence-electron chi connectivity index (χ3n) is 6.37. The minimum atomic E-state index is -4.38. The fraction of sp³-hybridized carbons (Fsp3) is 0.231. The van der Waals surface area contributed by atoms with E-state index in [1.165, 1.54) is 12.1 Å². The predicted molar refractivity (Wildman–Crippen MR) is 120 cm³/mol. The summed E-state index contributed by atoms with van der Waals surface area (Å²) >= 11 is 0. The number of amides is 1. The maximum absolute atomic E-state index is 13.3. The zero-order chi connectivity index (χ0) is 24.2. The van der Waals surface area contributed by atoms with Crippen molar-refractivity contribution < 1.29 is 31.9 Å². The standard InChI is InChI=1S/C26H19F3N2O4/c27-26(28,29)18-7-3-15(4-8-18)16-5-9-21-19(12-16)30-24(35-21)20-2-1-11-31(20)25(32)17-6-10-22-23(13-17)34-14-33-22/h3-10,12-13,20H,1-2,11,14H2/t20-/m0/s1. The molecule has 9 heteroatoms. The van der Waals surface area contributed by atoms with E-state index in [1.54, 1.807) is 41.3 Å². The van der Waals surface area contributed by atoms with Gasteiger partial charge >= 0.3 is 6.18 Å². The Morgan fingerprint density at radius 2 is 1.71 bits per heavy atom. The van der Waals surface area contributed by atoms with Crippen molar-refractivity contribution in [3.8, 4) is 22.6 Å². The fourth-order valence-corrected chi connectivity index (χ4v) is 4.58. The molecule has 1 fully saturated rings. The Labute approximate surface area is 197 Å². The Kier molecular flexibility index (Phi) is 4.94. The largest absolute Gasteiger partial charge is 0.454 e. The summed E-state index contributed by atoms with van der Waals surface area (Å²) in [7, 11) is 0. The zero-order valence-corrected chi connectivity index (χ0v) is 18.3. The van der Waals surface area contributed by atoms with Crippen LogP contribution in [0.4, 0.5) is 13.2 Å². The van der Waals surface area contributed by atoms with Crippen molar-refractivity contribution in [3.05, 3.63) is 77.7 Å². The first-order valence-electron chi connectivity index (χ1n) is 11.2. The smallest absolute Gasteiger partial charge is 0.416 e. The summed E-state index contributed by atoms with van der Waals surface area (Å²) in [4.78, 5) is 19.6. The maximum Gasteiger partial charge on any atom is 0.416 e. The number of alkyl halides is 3. The first-order valence-corrected chi connectivity index (χ1v) is 11.2. The van der Waals surface area contributed by atoms with Crippen LogP contribution in [0.15, 0.2) is 65.1 Å². The van der Waals surface area contributed by atoms with Crippen molar-refractivity contribution in [1.82, 2.24) is 9.88 Å². The summed E-state index contributed by atoms with van der Waals surface area (Å²) in [5, 5.41) is 0. The van der Waals surface area contributed by atoms with Crippen LogP contribution in [0.5, 0.6) is 11.5 Å². The molecular weight excluding hydrogens is 461 g/mol. The lowest BCUT2D eigenvalue weighted by Gasteiger charge is -2.22. The number of ether oxygens (including phenoxy) is 2. The molecule has 6 rings (SSSR count). The quantitative estimate of drug-likeness (QED) is 0.348. The van der Waals surface area contributed by atoms with Crippen molar-refractivity contribution in [1.29, 1.82) is 0 Å². The molecule has 0 spiro atoms. The summed E-state index contributed by atoms with van der Waals surface area (Å²) in [6, 6.07) is 15.1. The van der Waals surface area contributed by atoms with E-state index in [1.807, 2.05) is 0 Å². The number of nitrogens with zero attached hydrogens (tertiary/aromatic N) is 2. The Hall–Kier alpha value is -4.01. The van der Waals surface area contributed by atoms with Crippen LogP contribution in [0.2, 0.25) is 0 Å². The highest BCUT2D eigenvalue weighted by molar-refractivity contribution is 5.95. The van der Waals surface area contributed by atoms with Gasteiger partial charge in [0.1, 0.15) is 11.6 Å². The monoisotopic (exact) mass is 480 g/mol. The van der Waals surface area contributed by atoms with Crippen LogP contribution >= 0.6 is 0 Å². The lowest BCUT2D eigenvalue weighted by Crippen LogP contribution is -2.30. The number of hydrogen-bond acceptors (Lipinski definition) is 5. The summed E-state index contributed by atoms with van der Waals surface area (Å²) in [6.07, 6.45) is -2.85. The number of carbonyl (C=O) groups is 1. The molecule has 178 valence electrons. The van der Waals surface area contributed by atoms with E-state index in [0.29, 0.717) is 46.2 Å². The molecule has 0 unspecified atom stereocenters. The van der Waals surface area contributed by atoms with E-state index < -0.39 is 11.7 Å². The summed E-state index contributed by atoms with van der Waals surface area (Å²) < 4.78 is 55.3. The molecule has 4 aromatic rings. The van der Waals surface area contributed by atoms with Crippen molar-refractivity contribution >= 4 is 17.0 Å². The molecule has 0 saturated carbocycles. The second kappa shape index (κ2) is 8.04. The number of likely N-dealkylation sites (tertiary alicyclic amines) is 1. The third-order valence-corrected chi connectivity index (χ3v) is 6.37. The molecule has 1 amide bonds. The lowest BCUT2D eigenvalue weighted by molar-refractivity contribution is -0.137. The molecule has 0 radical (unpaired) electrons. The van der Waals surface area contributed by atoms with Crippen LogP contribution in [0.1, 0.15) is 40.7 Å². The highest BCUT2D eigenvalue weighted by atomic mass is 19.4. The second-order valence-corrected chi connectivity index (χ2v) is 8.53. The van der Waals surface area contributed by atoms with Crippen molar-refractivity contribution in [2.45, 2.75) is 25.1 Å². The van der Waals surface area contributed by atoms with E-state index in [-0.39, 0.29) is 18.7 Å². The van der Waals surface area contributed by atoms with Crippen LogP contribution in [0.3, 0.4) is 0 Å². The van der Waals surface area contributed by atoms with Crippen LogP contribution in [-0.4, -0.2) is 29.1 Å². The Morgan fingerprint density at radius 1 is 0.943 bits per heavy atom. The van der Waals surface area contributed by atoms with Crippen molar-refractivity contribution in [2.75, 3.05) is 13.3 Å². The molecule has 1 saturated heterocycles. The molecule has 35 heavy (non-hydrogen) atoms. The Balaban J connectivity index is 1.27. The van der Waals surface area contributed by atoms with Crippen molar-refractivity contribution in [3.63, 3.8) is 0 Å². The predicted octanol–water partition coefficient (Wildman–Crippen LogP) is 6.22. The normalized spacial score (nSPS) is 17.3. The SMILES string of the molecule is O=C(c1ccc2c(c1)OCO2)N1CCC[C@H]1c1nc2cc(-c3ccc(C(F)(F)F)cc3)ccc2o1. The summed E-state index contributed by atoms with van der Waals surface area (Å²) in [5.74, 6) is 1.46. The van der Waals surface area contributed by atoms with E-state index in [4.69, 9.17) is 13.9 Å². The minimum absolute atomic E-state index is 0.136. The summed E-state index contributed by atoms with van der Waals surface area (Å²) in [6.45, 7) is 0.712. The highest BCUT2D eigenvalue weighted by Crippen LogP contribution is 2.38. The van der Waals surface area contributed by atoms with Gasteiger partial charge < -0.3 is 18.8 Å². The van der Waals surface area contributed by atoms with E-state index in [9.17, 15) is 18.0 Å². The van der Waals surface area contributed by atoms with Gasteiger partial charge in [0.2, 0.25) is 12.7 Å². The van der Waals surface area contributed by atoms with Gasteiger partial charge in [0.05, 0.1) is 5.56 Å². The molecule has 0 aliphatic carbocycles. The van der Waals surface area contributed by atoms with Gasteiger partial charge in [-0.2, -0.15) is 13.2 Å². The van der Waals surface area contributed by atoms with Crippen molar-refractivity contribution in [2.24, 2.45) is 0 Å². The third kappa shape index (κ3) is 3.86. The lowest BCUT2D eigenvalue weighted by atomic mass is 10.0. The fourth-order valence-electron chi connectivity index (χ4n) is 4.58. The number of fused-ring (bicyclic) bond motifs is 2. The zero-order valence-electron chi connectivity index (χ0n) is 18.3. The Bertz CT molecular complexity index is 1430. The average Bonchev–Trinajstić information content (AvgIpc) is 3.61. The second-order valence-electron chi connectivity index (χ2n) is 8.53. The van der Waals surface area contributed by atoms with Gasteiger partial charge in [0.25, 0.3) is 5.91 Å².